The van der Waals surface area contributed by atoms with Gasteiger partial charge < -0.3 is 15.5 Å². The van der Waals surface area contributed by atoms with Gasteiger partial charge in [-0.3, -0.25) is 4.79 Å². The van der Waals surface area contributed by atoms with Crippen molar-refractivity contribution < 1.29 is 9.59 Å². The Kier molecular flexibility index (Phi) is 5.29. The summed E-state index contributed by atoms with van der Waals surface area (Å²) in [5.41, 5.74) is 4.49. The van der Waals surface area contributed by atoms with E-state index >= 15 is 0 Å². The third-order valence-corrected chi connectivity index (χ3v) is 5.20. The summed E-state index contributed by atoms with van der Waals surface area (Å²) in [5, 5.41) is 5.73. The van der Waals surface area contributed by atoms with E-state index in [-0.39, 0.29) is 5.91 Å². The Balaban J connectivity index is 1.58. The summed E-state index contributed by atoms with van der Waals surface area (Å²) in [6.07, 6.45) is 0.818. The van der Waals surface area contributed by atoms with Crippen molar-refractivity contribution in [2.24, 2.45) is 0 Å². The largest absolute Gasteiger partial charge is 0.322 e. The molecule has 4 rings (SSSR count). The Bertz CT molecular complexity index is 1030. The molecule has 3 aromatic carbocycles. The van der Waals surface area contributed by atoms with Gasteiger partial charge in [-0.05, 0) is 42.2 Å². The highest BCUT2D eigenvalue weighted by molar-refractivity contribution is 6.02. The maximum absolute atomic E-state index is 13.4. The fourth-order valence-electron chi connectivity index (χ4n) is 3.66. The molecule has 1 aliphatic rings. The summed E-state index contributed by atoms with van der Waals surface area (Å²) in [6.45, 7) is 2.54. The van der Waals surface area contributed by atoms with E-state index in [1.807, 2.05) is 85.8 Å². The van der Waals surface area contributed by atoms with Crippen molar-refractivity contribution >= 4 is 23.3 Å². The number of hydrogen-bond donors (Lipinski definition) is 2. The first-order chi connectivity index (χ1) is 14.1. The van der Waals surface area contributed by atoms with E-state index in [9.17, 15) is 9.59 Å². The van der Waals surface area contributed by atoms with Gasteiger partial charge in [0.2, 0.25) is 0 Å². The summed E-state index contributed by atoms with van der Waals surface area (Å²) in [4.78, 5) is 27.9. The van der Waals surface area contributed by atoms with E-state index in [0.29, 0.717) is 6.54 Å². The van der Waals surface area contributed by atoms with Crippen LogP contribution >= 0.6 is 0 Å². The molecule has 0 aliphatic carbocycles. The van der Waals surface area contributed by atoms with Gasteiger partial charge in [-0.1, -0.05) is 66.7 Å². The monoisotopic (exact) mass is 385 g/mol. The van der Waals surface area contributed by atoms with Crippen molar-refractivity contribution in [3.63, 3.8) is 0 Å². The number of benzene rings is 3. The molecule has 1 heterocycles. The number of nitrogens with one attached hydrogen (secondary N) is 2. The molecule has 0 radical (unpaired) electrons. The summed E-state index contributed by atoms with van der Waals surface area (Å²) >= 11 is 0. The SMILES string of the molecule is Cc1ccccc1NC(=O)NC(C(=O)N1CCc2ccccc21)c1ccccc1. The fourth-order valence-corrected chi connectivity index (χ4v) is 3.66. The summed E-state index contributed by atoms with van der Waals surface area (Å²) in [7, 11) is 0. The highest BCUT2D eigenvalue weighted by atomic mass is 16.2. The average molecular weight is 385 g/mol. The number of amides is 3. The molecule has 0 saturated carbocycles. The second kappa shape index (κ2) is 8.19. The van der Waals surface area contributed by atoms with E-state index in [0.717, 1.165) is 34.5 Å². The molecule has 146 valence electrons. The van der Waals surface area contributed by atoms with Crippen LogP contribution in [0.3, 0.4) is 0 Å². The minimum atomic E-state index is -0.772. The Morgan fingerprint density at radius 3 is 2.38 bits per heavy atom. The lowest BCUT2D eigenvalue weighted by atomic mass is 10.1. The molecule has 29 heavy (non-hydrogen) atoms. The van der Waals surface area contributed by atoms with Gasteiger partial charge in [0.1, 0.15) is 6.04 Å². The predicted octanol–water partition coefficient (Wildman–Crippen LogP) is 4.45. The topological polar surface area (TPSA) is 61.4 Å². The zero-order valence-corrected chi connectivity index (χ0v) is 16.3. The van der Waals surface area contributed by atoms with E-state index in [2.05, 4.69) is 10.6 Å². The summed E-state index contributed by atoms with van der Waals surface area (Å²) in [5.74, 6) is -0.138. The van der Waals surface area contributed by atoms with E-state index in [1.54, 1.807) is 4.90 Å². The van der Waals surface area contributed by atoms with Crippen LogP contribution in [0.15, 0.2) is 78.9 Å². The minimum Gasteiger partial charge on any atom is -0.322 e. The molecule has 3 aromatic rings. The molecule has 1 unspecified atom stereocenters. The number of para-hydroxylation sites is 2. The lowest BCUT2D eigenvalue weighted by molar-refractivity contribution is -0.120. The highest BCUT2D eigenvalue weighted by Crippen LogP contribution is 2.30. The molecule has 1 aliphatic heterocycles. The van der Waals surface area contributed by atoms with Crippen molar-refractivity contribution in [3.05, 3.63) is 95.6 Å². The molecule has 1 atom stereocenters. The quantitative estimate of drug-likeness (QED) is 0.697. The Labute approximate surface area is 170 Å². The van der Waals surface area contributed by atoms with Gasteiger partial charge in [-0.15, -0.1) is 0 Å². The van der Waals surface area contributed by atoms with Crippen LogP contribution in [0.4, 0.5) is 16.2 Å². The first-order valence-electron chi connectivity index (χ1n) is 9.71. The number of rotatable bonds is 4. The maximum atomic E-state index is 13.4. The predicted molar refractivity (Wildman–Crippen MR) is 115 cm³/mol. The summed E-state index contributed by atoms with van der Waals surface area (Å²) in [6, 6.07) is 23.6. The highest BCUT2D eigenvalue weighted by Gasteiger charge is 2.32. The molecule has 5 nitrogen and oxygen atoms in total. The number of fused-ring (bicyclic) bond motifs is 1. The second-order valence-corrected chi connectivity index (χ2v) is 7.13. The first kappa shape index (κ1) is 18.7. The van der Waals surface area contributed by atoms with Crippen LogP contribution in [0.5, 0.6) is 0 Å². The molecule has 5 heteroatoms. The second-order valence-electron chi connectivity index (χ2n) is 7.13. The van der Waals surface area contributed by atoms with Gasteiger partial charge in [0, 0.05) is 17.9 Å². The van der Waals surface area contributed by atoms with Gasteiger partial charge in [0.15, 0.2) is 0 Å². The van der Waals surface area contributed by atoms with Gasteiger partial charge >= 0.3 is 6.03 Å². The lowest BCUT2D eigenvalue weighted by Crippen LogP contribution is -2.44. The van der Waals surface area contributed by atoms with Crippen LogP contribution in [0.2, 0.25) is 0 Å². The molecule has 2 N–H and O–H groups in total. The molecule has 0 spiro atoms. The van der Waals surface area contributed by atoms with E-state index in [4.69, 9.17) is 0 Å². The van der Waals surface area contributed by atoms with Crippen LogP contribution < -0.4 is 15.5 Å². The van der Waals surface area contributed by atoms with Crippen LogP contribution in [0.1, 0.15) is 22.7 Å². The normalized spacial score (nSPS) is 13.5. The van der Waals surface area contributed by atoms with Gasteiger partial charge in [0.05, 0.1) is 0 Å². The van der Waals surface area contributed by atoms with Crippen molar-refractivity contribution in [1.29, 1.82) is 0 Å². The maximum Gasteiger partial charge on any atom is 0.320 e. The fraction of sp³-hybridized carbons (Fsp3) is 0.167. The molecule has 0 aromatic heterocycles. The van der Waals surface area contributed by atoms with Crippen molar-refractivity contribution in [3.8, 4) is 0 Å². The van der Waals surface area contributed by atoms with Gasteiger partial charge in [-0.2, -0.15) is 0 Å². The Hall–Kier alpha value is -3.60. The lowest BCUT2D eigenvalue weighted by Gasteiger charge is -2.25. The van der Waals surface area contributed by atoms with Crippen molar-refractivity contribution in [2.75, 3.05) is 16.8 Å². The number of carbonyl (C=O) groups is 2. The zero-order chi connectivity index (χ0) is 20.2. The molecule has 0 saturated heterocycles. The van der Waals surface area contributed by atoms with Crippen LogP contribution in [-0.2, 0) is 11.2 Å². The first-order valence-corrected chi connectivity index (χ1v) is 9.71. The minimum absolute atomic E-state index is 0.138. The number of aryl methyl sites for hydroxylation is 1. The molecule has 3 amide bonds. The summed E-state index contributed by atoms with van der Waals surface area (Å²) < 4.78 is 0. The number of carbonyl (C=O) groups excluding carboxylic acids is 2. The molecule has 0 bridgehead atoms. The zero-order valence-electron chi connectivity index (χ0n) is 16.3. The molecular formula is C24H23N3O2. The number of anilines is 2. The van der Waals surface area contributed by atoms with Gasteiger partial charge in [0.25, 0.3) is 5.91 Å². The van der Waals surface area contributed by atoms with Crippen molar-refractivity contribution in [1.82, 2.24) is 5.32 Å². The standard InChI is InChI=1S/C24H23N3O2/c1-17-9-5-7-13-20(17)25-24(29)26-22(19-11-3-2-4-12-19)23(28)27-16-15-18-10-6-8-14-21(18)27/h2-14,22H,15-16H2,1H3,(H2,25,26,29). The number of hydrogen-bond acceptors (Lipinski definition) is 2. The average Bonchev–Trinajstić information content (AvgIpc) is 3.18. The Morgan fingerprint density at radius 2 is 1.59 bits per heavy atom. The van der Waals surface area contributed by atoms with Crippen LogP contribution in [0.25, 0.3) is 0 Å². The third kappa shape index (κ3) is 3.99. The third-order valence-electron chi connectivity index (χ3n) is 5.20. The Morgan fingerprint density at radius 1 is 0.897 bits per heavy atom. The van der Waals surface area contributed by atoms with E-state index in [1.165, 1.54) is 0 Å². The number of nitrogens with zero attached hydrogens (tertiary/aromatic N) is 1. The van der Waals surface area contributed by atoms with E-state index < -0.39 is 12.1 Å². The van der Waals surface area contributed by atoms with Gasteiger partial charge in [-0.25, -0.2) is 4.79 Å². The van der Waals surface area contributed by atoms with Crippen molar-refractivity contribution in [2.45, 2.75) is 19.4 Å². The molecular weight excluding hydrogens is 362 g/mol. The van der Waals surface area contributed by atoms with Crippen LogP contribution in [0, 0.1) is 6.92 Å². The smallest absolute Gasteiger partial charge is 0.320 e. The molecule has 0 fully saturated rings. The van der Waals surface area contributed by atoms with Crippen LogP contribution in [-0.4, -0.2) is 18.5 Å². The number of urea groups is 1.